The first-order valence-corrected chi connectivity index (χ1v) is 42.5. The minimum Gasteiger partial charge on any atom is -0.377 e. The summed E-state index contributed by atoms with van der Waals surface area (Å²) in [6, 6.07) is -1.48. The summed E-state index contributed by atoms with van der Waals surface area (Å²) in [5.74, 6) is 4.09. The van der Waals surface area contributed by atoms with Crippen LogP contribution in [0.5, 0.6) is 0 Å². The molecular formula is C89H178F4N16O4S. The van der Waals surface area contributed by atoms with Gasteiger partial charge in [0.15, 0.2) is 17.5 Å². The van der Waals surface area contributed by atoms with E-state index in [1.807, 2.05) is 73.2 Å². The smallest absolute Gasteiger partial charge is 0.377 e. The highest BCUT2D eigenvalue weighted by Crippen LogP contribution is 2.51. The van der Waals surface area contributed by atoms with Crippen LogP contribution >= 0.6 is 0 Å². The normalized spacial score (nSPS) is 16.2. The number of aromatic nitrogens is 12. The van der Waals surface area contributed by atoms with E-state index in [4.69, 9.17) is 9.26 Å². The number of tetrazole rings is 1. The summed E-state index contributed by atoms with van der Waals surface area (Å²) in [7, 11) is -3.21. The number of nitrogens with one attached hydrogen (secondary N) is 5. The molecule has 0 bridgehead atoms. The Morgan fingerprint density at radius 1 is 0.491 bits per heavy atom. The Morgan fingerprint density at radius 3 is 1.05 bits per heavy atom. The number of rotatable bonds is 4. The highest BCUT2D eigenvalue weighted by atomic mass is 32.2. The van der Waals surface area contributed by atoms with E-state index in [1.54, 1.807) is 73.2 Å². The molecule has 1 saturated carbocycles. The van der Waals surface area contributed by atoms with Crippen molar-refractivity contribution in [2.75, 3.05) is 13.2 Å². The second-order valence-electron chi connectivity index (χ2n) is 49.9. The molecule has 1 atom stereocenters. The van der Waals surface area contributed by atoms with E-state index in [-0.39, 0.29) is 82.3 Å². The number of halogens is 4. The zero-order valence-corrected chi connectivity index (χ0v) is 84.3. The van der Waals surface area contributed by atoms with Gasteiger partial charge in [-0.25, -0.2) is 27.2 Å². The zero-order chi connectivity index (χ0) is 92.3. The van der Waals surface area contributed by atoms with Crippen molar-refractivity contribution >= 4 is 10.0 Å². The molecule has 114 heavy (non-hydrogen) atoms. The van der Waals surface area contributed by atoms with Gasteiger partial charge in [-0.05, 0) is 191 Å². The summed E-state index contributed by atoms with van der Waals surface area (Å²) in [6.07, 6.45) is 2.19. The van der Waals surface area contributed by atoms with Crippen LogP contribution in [0, 0.1) is 27.1 Å². The van der Waals surface area contributed by atoms with Gasteiger partial charge in [0.1, 0.15) is 17.7 Å². The second kappa shape index (κ2) is 39.0. The maximum absolute atomic E-state index is 13.3. The Balaban J connectivity index is -0.00000122. The molecule has 1 saturated heterocycles. The number of aromatic amines is 1. The standard InChI is InChI=1S/C11H23NO.C11H23N.C10H20F3N.C10H19F.2C10H19N3.C10H18N2O.C9H18N4.C8H19NO2S/c1-9(2,3)11(7-13-8-11)12-10(4,5)6;1-9(2,3)11(7-8-11)12-10(4,5)6;1-8(2,3)7(10(11,12)13)14-9(4,5)6;1-9(2,3)7-8(11)10(4,5)6;1-9(2,3)7-11-8(13-12-7)10(4,5)6;1-9(2,3)8-7-13(12-11-8)10(4,5)6;1-9(2,3)7-11-8(13-12-7)10(4,5)6;1-8(2,3)7-10-12-13(11-7)9(4,5)6;1-7(2,3)9-12(10,11)8(4,5)6/h12H,7-8H2,1-6H3;12H,7-8H2,1-6H3;7,14H,1-6H3;7H,1-6H3;1-6H3,(H,11,12,13);7H,1-6H3;2*1-6H3;9H,1-6H3/b;;;8-7-;;;;;. The lowest BCUT2D eigenvalue weighted by Gasteiger charge is -2.54. The van der Waals surface area contributed by atoms with Crippen molar-refractivity contribution in [2.24, 2.45) is 27.1 Å². The molecule has 4 aromatic heterocycles. The number of hydrogen-bond acceptors (Lipinski definition) is 16. The monoisotopic (exact) mass is 1640 g/mol. The van der Waals surface area contributed by atoms with Gasteiger partial charge in [-0.1, -0.05) is 239 Å². The van der Waals surface area contributed by atoms with E-state index in [0.29, 0.717) is 16.8 Å². The maximum Gasteiger partial charge on any atom is 0.404 e. The fourth-order valence-electron chi connectivity index (χ4n) is 9.50. The van der Waals surface area contributed by atoms with Crippen LogP contribution in [-0.2, 0) is 58.3 Å². The molecule has 5 heterocycles. The number of nitrogens with zero attached hydrogens (tertiary/aromatic N) is 11. The van der Waals surface area contributed by atoms with Crippen molar-refractivity contribution in [3.05, 3.63) is 53.0 Å². The van der Waals surface area contributed by atoms with Crippen molar-refractivity contribution < 1.29 is 35.2 Å². The minimum absolute atomic E-state index is 0.0231. The second-order valence-corrected chi connectivity index (χ2v) is 52.4. The average molecular weight is 1640 g/mol. The fourth-order valence-corrected chi connectivity index (χ4v) is 10.6. The highest BCUT2D eigenvalue weighted by Gasteiger charge is 2.54. The van der Waals surface area contributed by atoms with Gasteiger partial charge in [-0.3, -0.25) is 5.10 Å². The summed E-state index contributed by atoms with van der Waals surface area (Å²) in [5, 5.41) is 41.9. The molecule has 0 radical (unpaired) electrons. The van der Waals surface area contributed by atoms with Gasteiger partial charge in [-0.15, -0.1) is 15.3 Å². The predicted molar refractivity (Wildman–Crippen MR) is 473 cm³/mol. The van der Waals surface area contributed by atoms with Crippen LogP contribution < -0.4 is 20.7 Å². The van der Waals surface area contributed by atoms with Crippen LogP contribution in [0.15, 0.2) is 22.6 Å². The molecule has 672 valence electrons. The lowest BCUT2D eigenvalue weighted by Crippen LogP contribution is -2.71. The number of sulfonamides is 1. The van der Waals surface area contributed by atoms with Crippen LogP contribution in [0.3, 0.4) is 0 Å². The molecule has 0 aromatic carbocycles. The molecule has 0 spiro atoms. The molecule has 20 nitrogen and oxygen atoms in total. The fraction of sp³-hybridized carbons (Fsp3) is 0.899. The zero-order valence-electron chi connectivity index (χ0n) is 83.5. The molecule has 1 aliphatic carbocycles. The highest BCUT2D eigenvalue weighted by molar-refractivity contribution is 7.90. The predicted octanol–water partition coefficient (Wildman–Crippen LogP) is 23.0. The van der Waals surface area contributed by atoms with Gasteiger partial charge in [0, 0.05) is 71.8 Å². The summed E-state index contributed by atoms with van der Waals surface area (Å²) in [5.41, 5.74) is 0.550. The average Bonchev–Trinajstić information content (AvgIpc) is 1.53. The molecule has 6 rings (SSSR count). The first kappa shape index (κ1) is 114. The summed E-state index contributed by atoms with van der Waals surface area (Å²) < 4.78 is 88.8. The lowest BCUT2D eigenvalue weighted by atomic mass is 9.71. The topological polar surface area (TPSA) is 246 Å². The maximum atomic E-state index is 13.3. The van der Waals surface area contributed by atoms with Crippen LogP contribution in [0.1, 0.15) is 422 Å². The van der Waals surface area contributed by atoms with Gasteiger partial charge in [-0.2, -0.15) is 28.1 Å². The third-order valence-corrected chi connectivity index (χ3v) is 19.6. The molecule has 25 heteroatoms. The van der Waals surface area contributed by atoms with Crippen molar-refractivity contribution in [1.29, 1.82) is 0 Å². The van der Waals surface area contributed by atoms with Gasteiger partial charge >= 0.3 is 6.18 Å². The van der Waals surface area contributed by atoms with E-state index in [1.165, 1.54) is 12.8 Å². The van der Waals surface area contributed by atoms with E-state index in [2.05, 4.69) is 321 Å². The van der Waals surface area contributed by atoms with E-state index in [0.717, 1.165) is 42.2 Å². The van der Waals surface area contributed by atoms with Crippen molar-refractivity contribution in [3.63, 3.8) is 0 Å². The Labute approximate surface area is 696 Å². The minimum atomic E-state index is -4.20. The number of alkyl halides is 3. The third kappa shape index (κ3) is 44.7. The molecule has 1 unspecified atom stereocenters. The number of ether oxygens (including phenoxy) is 1. The van der Waals surface area contributed by atoms with Crippen LogP contribution in [0.4, 0.5) is 17.6 Å². The van der Waals surface area contributed by atoms with Crippen molar-refractivity contribution in [2.45, 2.75) is 480 Å². The van der Waals surface area contributed by atoms with Gasteiger partial charge in [0.05, 0.1) is 40.3 Å². The molecule has 2 aliphatic rings. The van der Waals surface area contributed by atoms with Crippen LogP contribution in [0.25, 0.3) is 0 Å². The quantitative estimate of drug-likeness (QED) is 0.119. The van der Waals surface area contributed by atoms with Crippen molar-refractivity contribution in [3.8, 4) is 0 Å². The SMILES string of the molecule is CC(C)(C)/C=C(\F)C(C)(C)C.CC(C)(C)NC(C(C)(C)C)C(F)(F)F.CC(C)(C)NC1(C(C)(C)C)CC1.CC(C)(C)NC1(C(C)(C)C)COC1.CC(C)(C)NS(=O)(=O)C(C)(C)C.CC(C)(C)c1cn(C(C)(C)C)nn1.CC(C)(C)c1n[nH]c(C(C)(C)C)n1.CC(C)(C)c1nnn(C(C)(C)C)n1.CC(C)(C)c1noc(C(C)(C)C)n1. The van der Waals surface area contributed by atoms with Gasteiger partial charge in [0.2, 0.25) is 15.9 Å². The Morgan fingerprint density at radius 2 is 0.904 bits per heavy atom. The molecule has 1 aliphatic heterocycles. The first-order valence-electron chi connectivity index (χ1n) is 41.0. The van der Waals surface area contributed by atoms with Crippen LogP contribution in [0.2, 0.25) is 0 Å². The summed E-state index contributed by atoms with van der Waals surface area (Å²) >= 11 is 0. The van der Waals surface area contributed by atoms with Crippen molar-refractivity contribution in [1.82, 2.24) is 81.2 Å². The molecular weight excluding hydrogens is 1470 g/mol. The van der Waals surface area contributed by atoms with E-state index in [9.17, 15) is 26.0 Å². The van der Waals surface area contributed by atoms with E-state index < -0.39 is 43.5 Å². The largest absolute Gasteiger partial charge is 0.404 e. The Kier molecular flexibility index (Phi) is 39.0. The summed E-state index contributed by atoms with van der Waals surface area (Å²) in [4.78, 5) is 10.5. The molecule has 0 amide bonds. The number of hydrogen-bond donors (Lipinski definition) is 5. The number of H-pyrrole nitrogens is 1. The third-order valence-electron chi connectivity index (χ3n) is 17.1. The summed E-state index contributed by atoms with van der Waals surface area (Å²) in [6.45, 7) is 111. The van der Waals surface area contributed by atoms with Gasteiger partial charge in [0.25, 0.3) is 0 Å². The first-order chi connectivity index (χ1) is 49.1. The van der Waals surface area contributed by atoms with E-state index >= 15 is 0 Å². The number of allylic oxidation sites excluding steroid dienone is 2. The Bertz CT molecular complexity index is 3210. The molecule has 2 fully saturated rings. The Hall–Kier alpha value is -4.30. The molecule has 5 N–H and O–H groups in total. The lowest BCUT2D eigenvalue weighted by molar-refractivity contribution is -0.182. The van der Waals surface area contributed by atoms with Gasteiger partial charge < -0.3 is 25.2 Å². The molecule has 4 aromatic rings. The van der Waals surface area contributed by atoms with Crippen LogP contribution in [-0.4, -0.2) is 132 Å².